The minimum absolute atomic E-state index is 0. The van der Waals surface area contributed by atoms with Crippen LogP contribution in [0, 0.1) is 0 Å². The summed E-state index contributed by atoms with van der Waals surface area (Å²) in [6, 6.07) is 11.4. The van der Waals surface area contributed by atoms with Gasteiger partial charge in [0.05, 0.1) is 13.2 Å². The highest BCUT2D eigenvalue weighted by molar-refractivity contribution is 14.0. The molecule has 0 aliphatic rings. The molecule has 0 saturated carbocycles. The van der Waals surface area contributed by atoms with E-state index in [1.165, 1.54) is 0 Å². The number of guanidine groups is 1. The highest BCUT2D eigenvalue weighted by atomic mass is 127. The zero-order valence-corrected chi connectivity index (χ0v) is 16.6. The Hall–Kier alpha value is -1.54. The molecule has 1 heterocycles. The Balaban J connectivity index is 0.00000288. The van der Waals surface area contributed by atoms with Crippen molar-refractivity contribution < 1.29 is 4.74 Å². The Kier molecular flexibility index (Phi) is 9.48. The molecule has 0 saturated heterocycles. The number of ether oxygens (including phenoxy) is 1. The van der Waals surface area contributed by atoms with Crippen LogP contribution < -0.4 is 15.8 Å². The van der Waals surface area contributed by atoms with E-state index in [9.17, 15) is 0 Å². The maximum Gasteiger partial charge on any atom is 0.188 e. The fourth-order valence-electron chi connectivity index (χ4n) is 2.04. The van der Waals surface area contributed by atoms with Gasteiger partial charge < -0.3 is 15.8 Å². The normalized spacial score (nSPS) is 10.8. The monoisotopic (exact) mass is 460 g/mol. The van der Waals surface area contributed by atoms with Crippen LogP contribution in [0.15, 0.2) is 47.6 Å². The van der Waals surface area contributed by atoms with Gasteiger partial charge in [-0.3, -0.25) is 4.98 Å². The van der Waals surface area contributed by atoms with E-state index in [2.05, 4.69) is 15.3 Å². The lowest BCUT2D eigenvalue weighted by Gasteiger charge is -2.10. The molecule has 130 valence electrons. The predicted molar refractivity (Wildman–Crippen MR) is 109 cm³/mol. The molecule has 0 bridgehead atoms. The van der Waals surface area contributed by atoms with Gasteiger partial charge in [-0.05, 0) is 31.2 Å². The second kappa shape index (κ2) is 11.1. The Labute approximate surface area is 164 Å². The Morgan fingerprint density at radius 1 is 1.33 bits per heavy atom. The SMILES string of the molecule is CCOc1cc(Cl)ccc1CN=C(N)NCCc1ccccn1.I. The lowest BCUT2D eigenvalue weighted by Crippen LogP contribution is -2.33. The van der Waals surface area contributed by atoms with Crippen molar-refractivity contribution in [2.45, 2.75) is 19.9 Å². The number of hydrogen-bond donors (Lipinski definition) is 2. The summed E-state index contributed by atoms with van der Waals surface area (Å²) in [5.74, 6) is 1.14. The van der Waals surface area contributed by atoms with Crippen molar-refractivity contribution >= 4 is 41.5 Å². The maximum absolute atomic E-state index is 5.98. The Morgan fingerprint density at radius 2 is 2.17 bits per heavy atom. The summed E-state index contributed by atoms with van der Waals surface area (Å²) in [7, 11) is 0. The molecule has 0 spiro atoms. The molecule has 0 atom stereocenters. The quantitative estimate of drug-likeness (QED) is 0.377. The summed E-state index contributed by atoms with van der Waals surface area (Å²) < 4.78 is 5.57. The molecule has 0 amide bonds. The van der Waals surface area contributed by atoms with Crippen LogP contribution in [0.25, 0.3) is 0 Å². The number of rotatable bonds is 7. The topological polar surface area (TPSA) is 72.5 Å². The number of aromatic nitrogens is 1. The van der Waals surface area contributed by atoms with Crippen molar-refractivity contribution in [2.24, 2.45) is 10.7 Å². The first-order chi connectivity index (χ1) is 11.2. The van der Waals surface area contributed by atoms with E-state index in [0.29, 0.717) is 30.7 Å². The molecule has 0 aliphatic heterocycles. The zero-order chi connectivity index (χ0) is 16.5. The smallest absolute Gasteiger partial charge is 0.188 e. The van der Waals surface area contributed by atoms with E-state index < -0.39 is 0 Å². The minimum Gasteiger partial charge on any atom is -0.493 e. The van der Waals surface area contributed by atoms with Crippen LogP contribution in [-0.2, 0) is 13.0 Å². The number of nitrogens with one attached hydrogen (secondary N) is 1. The predicted octanol–water partition coefficient (Wildman–Crippen LogP) is 3.40. The summed E-state index contributed by atoms with van der Waals surface area (Å²) >= 11 is 5.98. The van der Waals surface area contributed by atoms with Crippen LogP contribution in [0.4, 0.5) is 0 Å². The largest absolute Gasteiger partial charge is 0.493 e. The molecular weight excluding hydrogens is 439 g/mol. The fraction of sp³-hybridized carbons (Fsp3) is 0.294. The number of halogens is 2. The molecule has 7 heteroatoms. The molecule has 24 heavy (non-hydrogen) atoms. The molecule has 0 aliphatic carbocycles. The van der Waals surface area contributed by atoms with Crippen molar-refractivity contribution in [1.82, 2.24) is 10.3 Å². The van der Waals surface area contributed by atoms with Gasteiger partial charge in [-0.15, -0.1) is 24.0 Å². The van der Waals surface area contributed by atoms with Gasteiger partial charge in [-0.25, -0.2) is 4.99 Å². The first kappa shape index (κ1) is 20.5. The Morgan fingerprint density at radius 3 is 2.88 bits per heavy atom. The number of aliphatic imine (C=N–C) groups is 1. The van der Waals surface area contributed by atoms with Gasteiger partial charge in [-0.2, -0.15) is 0 Å². The molecule has 3 N–H and O–H groups in total. The number of hydrogen-bond acceptors (Lipinski definition) is 3. The first-order valence-corrected chi connectivity index (χ1v) is 7.91. The van der Waals surface area contributed by atoms with Crippen molar-refractivity contribution in [2.75, 3.05) is 13.2 Å². The van der Waals surface area contributed by atoms with Crippen LogP contribution in [-0.4, -0.2) is 24.1 Å². The summed E-state index contributed by atoms with van der Waals surface area (Å²) in [6.07, 6.45) is 2.57. The summed E-state index contributed by atoms with van der Waals surface area (Å²) in [5.41, 5.74) is 7.86. The zero-order valence-electron chi connectivity index (χ0n) is 13.5. The highest BCUT2D eigenvalue weighted by Gasteiger charge is 2.04. The number of benzene rings is 1. The minimum atomic E-state index is 0. The lowest BCUT2D eigenvalue weighted by atomic mass is 10.2. The van der Waals surface area contributed by atoms with Gasteiger partial charge in [0.1, 0.15) is 5.75 Å². The van der Waals surface area contributed by atoms with Crippen molar-refractivity contribution in [3.8, 4) is 5.75 Å². The molecular formula is C17H22ClIN4O. The van der Waals surface area contributed by atoms with Crippen LogP contribution in [0.5, 0.6) is 5.75 Å². The van der Waals surface area contributed by atoms with Crippen LogP contribution >= 0.6 is 35.6 Å². The Bertz CT molecular complexity index is 652. The third kappa shape index (κ3) is 6.92. The van der Waals surface area contributed by atoms with E-state index in [1.807, 2.05) is 37.3 Å². The van der Waals surface area contributed by atoms with Crippen LogP contribution in [0.1, 0.15) is 18.2 Å². The van der Waals surface area contributed by atoms with Gasteiger partial charge in [0, 0.05) is 35.4 Å². The molecule has 0 unspecified atom stereocenters. The van der Waals surface area contributed by atoms with Gasteiger partial charge in [0.25, 0.3) is 0 Å². The number of nitrogens with zero attached hydrogens (tertiary/aromatic N) is 2. The van der Waals surface area contributed by atoms with Crippen LogP contribution in [0.2, 0.25) is 5.02 Å². The molecule has 0 radical (unpaired) electrons. The molecule has 1 aromatic heterocycles. The summed E-state index contributed by atoms with van der Waals surface area (Å²) in [5, 5.41) is 3.73. The molecule has 2 rings (SSSR count). The van der Waals surface area contributed by atoms with Crippen molar-refractivity contribution in [3.05, 3.63) is 58.9 Å². The van der Waals surface area contributed by atoms with Crippen LogP contribution in [0.3, 0.4) is 0 Å². The standard InChI is InChI=1S/C17H21ClN4O.HI/c1-2-23-16-11-14(18)7-6-13(16)12-22-17(19)21-10-8-15-5-3-4-9-20-15;/h3-7,9,11H,2,8,10,12H2,1H3,(H3,19,21,22);1H. The van der Waals surface area contributed by atoms with Crippen molar-refractivity contribution in [3.63, 3.8) is 0 Å². The third-order valence-electron chi connectivity index (χ3n) is 3.16. The van der Waals surface area contributed by atoms with Gasteiger partial charge >= 0.3 is 0 Å². The average Bonchev–Trinajstić information content (AvgIpc) is 2.55. The molecule has 5 nitrogen and oxygen atoms in total. The summed E-state index contributed by atoms with van der Waals surface area (Å²) in [6.45, 7) is 3.64. The molecule has 2 aromatic rings. The first-order valence-electron chi connectivity index (χ1n) is 7.54. The fourth-order valence-corrected chi connectivity index (χ4v) is 2.20. The number of nitrogens with two attached hydrogens (primary N) is 1. The average molecular weight is 461 g/mol. The van der Waals surface area contributed by atoms with Crippen molar-refractivity contribution in [1.29, 1.82) is 0 Å². The van der Waals surface area contributed by atoms with E-state index in [-0.39, 0.29) is 24.0 Å². The second-order valence-corrected chi connectivity index (χ2v) is 5.32. The molecule has 1 aromatic carbocycles. The summed E-state index contributed by atoms with van der Waals surface area (Å²) in [4.78, 5) is 8.60. The van der Waals surface area contributed by atoms with Gasteiger partial charge in [-0.1, -0.05) is 23.7 Å². The van der Waals surface area contributed by atoms with E-state index in [1.54, 1.807) is 12.3 Å². The third-order valence-corrected chi connectivity index (χ3v) is 3.40. The number of pyridine rings is 1. The van der Waals surface area contributed by atoms with E-state index in [0.717, 1.165) is 23.4 Å². The van der Waals surface area contributed by atoms with Gasteiger partial charge in [0.15, 0.2) is 5.96 Å². The van der Waals surface area contributed by atoms with Gasteiger partial charge in [0.2, 0.25) is 0 Å². The highest BCUT2D eigenvalue weighted by Crippen LogP contribution is 2.24. The van der Waals surface area contributed by atoms with E-state index >= 15 is 0 Å². The lowest BCUT2D eigenvalue weighted by molar-refractivity contribution is 0.336. The molecule has 0 fully saturated rings. The van der Waals surface area contributed by atoms with E-state index in [4.69, 9.17) is 22.1 Å². The maximum atomic E-state index is 5.98. The second-order valence-electron chi connectivity index (χ2n) is 4.88.